The molecule has 3 heterocycles. The van der Waals surface area contributed by atoms with Gasteiger partial charge < -0.3 is 5.32 Å². The maximum Gasteiger partial charge on any atom is 0.253 e. The number of hydrogen-bond donors (Lipinski definition) is 1. The van der Waals surface area contributed by atoms with Crippen LogP contribution in [0.2, 0.25) is 0 Å². The van der Waals surface area contributed by atoms with Crippen LogP contribution in [0.3, 0.4) is 0 Å². The van der Waals surface area contributed by atoms with Crippen LogP contribution >= 0.6 is 11.8 Å². The molecule has 1 unspecified atom stereocenters. The van der Waals surface area contributed by atoms with E-state index in [1.807, 2.05) is 55.8 Å². The standard InChI is InChI=1S/C24H29N7OS/c1-15(13-30-18(4)11-17(3)28-30)12-25-22(32)21-9-7-6-8-20(21)14-33-24-27-23-26-16(2)10-19(5)31(23)29-24/h6-11,15H,12-14H2,1-5H3,(H,25,32). The minimum absolute atomic E-state index is 0.0671. The summed E-state index contributed by atoms with van der Waals surface area (Å²) in [5.74, 6) is 1.38. The van der Waals surface area contributed by atoms with Gasteiger partial charge in [-0.05, 0) is 57.4 Å². The summed E-state index contributed by atoms with van der Waals surface area (Å²) in [6.07, 6.45) is 0. The molecule has 0 saturated carbocycles. The molecule has 1 atom stereocenters. The number of aromatic nitrogens is 6. The van der Waals surface area contributed by atoms with Crippen LogP contribution in [0.4, 0.5) is 0 Å². The summed E-state index contributed by atoms with van der Waals surface area (Å²) in [5.41, 5.74) is 5.68. The van der Waals surface area contributed by atoms with Gasteiger partial charge in [0.25, 0.3) is 11.7 Å². The highest BCUT2D eigenvalue weighted by atomic mass is 32.2. The lowest BCUT2D eigenvalue weighted by Gasteiger charge is -2.15. The molecule has 8 nitrogen and oxygen atoms in total. The van der Waals surface area contributed by atoms with E-state index < -0.39 is 0 Å². The van der Waals surface area contributed by atoms with E-state index in [1.54, 1.807) is 4.52 Å². The summed E-state index contributed by atoms with van der Waals surface area (Å²) < 4.78 is 3.74. The highest BCUT2D eigenvalue weighted by Crippen LogP contribution is 2.23. The Bertz CT molecular complexity index is 1290. The van der Waals surface area contributed by atoms with Gasteiger partial charge >= 0.3 is 0 Å². The number of rotatable bonds is 8. The van der Waals surface area contributed by atoms with Crippen molar-refractivity contribution in [2.45, 2.75) is 52.1 Å². The van der Waals surface area contributed by atoms with Gasteiger partial charge in [0, 0.05) is 41.5 Å². The normalized spacial score (nSPS) is 12.3. The molecule has 0 spiro atoms. The van der Waals surface area contributed by atoms with Crippen molar-refractivity contribution in [2.75, 3.05) is 6.54 Å². The lowest BCUT2D eigenvalue weighted by Crippen LogP contribution is -2.31. The van der Waals surface area contributed by atoms with Gasteiger partial charge in [0.2, 0.25) is 5.16 Å². The molecule has 4 aromatic rings. The van der Waals surface area contributed by atoms with Crippen molar-refractivity contribution in [3.63, 3.8) is 0 Å². The minimum Gasteiger partial charge on any atom is -0.352 e. The fraction of sp³-hybridized carbons (Fsp3) is 0.375. The van der Waals surface area contributed by atoms with Crippen molar-refractivity contribution in [1.82, 2.24) is 34.7 Å². The fourth-order valence-corrected chi connectivity index (χ4v) is 4.62. The third-order valence-corrected chi connectivity index (χ3v) is 6.30. The van der Waals surface area contributed by atoms with Gasteiger partial charge in [0.15, 0.2) is 0 Å². The zero-order chi connectivity index (χ0) is 23.5. The second-order valence-corrected chi connectivity index (χ2v) is 9.46. The van der Waals surface area contributed by atoms with E-state index >= 15 is 0 Å². The van der Waals surface area contributed by atoms with E-state index in [9.17, 15) is 4.79 Å². The molecular formula is C24H29N7OS. The maximum absolute atomic E-state index is 12.9. The summed E-state index contributed by atoms with van der Waals surface area (Å²) >= 11 is 1.50. The molecule has 3 aromatic heterocycles. The Labute approximate surface area is 197 Å². The second-order valence-electron chi connectivity index (χ2n) is 8.52. The topological polar surface area (TPSA) is 90.0 Å². The Morgan fingerprint density at radius 3 is 2.55 bits per heavy atom. The second kappa shape index (κ2) is 9.74. The van der Waals surface area contributed by atoms with Gasteiger partial charge in [-0.2, -0.15) is 10.1 Å². The molecule has 172 valence electrons. The van der Waals surface area contributed by atoms with Crippen LogP contribution in [0.1, 0.15) is 45.6 Å². The zero-order valence-electron chi connectivity index (χ0n) is 19.7. The minimum atomic E-state index is -0.0671. The quantitative estimate of drug-likeness (QED) is 0.399. The zero-order valence-corrected chi connectivity index (χ0v) is 20.5. The molecule has 0 bridgehead atoms. The number of aryl methyl sites for hydroxylation is 4. The first-order chi connectivity index (χ1) is 15.8. The molecule has 0 aliphatic carbocycles. The summed E-state index contributed by atoms with van der Waals surface area (Å²) in [7, 11) is 0. The smallest absolute Gasteiger partial charge is 0.253 e. The van der Waals surface area contributed by atoms with E-state index in [4.69, 9.17) is 0 Å². The number of thioether (sulfide) groups is 1. The monoisotopic (exact) mass is 463 g/mol. The Balaban J connectivity index is 1.39. The van der Waals surface area contributed by atoms with Crippen LogP contribution < -0.4 is 5.32 Å². The summed E-state index contributed by atoms with van der Waals surface area (Å²) in [6, 6.07) is 11.7. The number of benzene rings is 1. The predicted octanol–water partition coefficient (Wildman–Crippen LogP) is 3.91. The highest BCUT2D eigenvalue weighted by molar-refractivity contribution is 7.98. The Morgan fingerprint density at radius 1 is 1.03 bits per heavy atom. The lowest BCUT2D eigenvalue weighted by atomic mass is 10.1. The SMILES string of the molecule is Cc1cc(C)n2nc(SCc3ccccc3C(=O)NCC(C)Cn3nc(C)cc3C)nc2n1. The van der Waals surface area contributed by atoms with Crippen LogP contribution in [0, 0.1) is 33.6 Å². The van der Waals surface area contributed by atoms with Crippen LogP contribution in [-0.2, 0) is 12.3 Å². The van der Waals surface area contributed by atoms with E-state index in [2.05, 4.69) is 45.4 Å². The average Bonchev–Trinajstić information content (AvgIpc) is 3.32. The van der Waals surface area contributed by atoms with E-state index in [1.165, 1.54) is 11.8 Å². The van der Waals surface area contributed by atoms with E-state index in [0.717, 1.165) is 34.9 Å². The van der Waals surface area contributed by atoms with E-state index in [0.29, 0.717) is 28.8 Å². The molecule has 9 heteroatoms. The molecule has 0 saturated heterocycles. The number of nitrogens with zero attached hydrogens (tertiary/aromatic N) is 6. The molecule has 33 heavy (non-hydrogen) atoms. The van der Waals surface area contributed by atoms with E-state index in [-0.39, 0.29) is 11.8 Å². The van der Waals surface area contributed by atoms with Crippen molar-refractivity contribution in [3.8, 4) is 0 Å². The number of amides is 1. The number of carbonyl (C=O) groups excluding carboxylic acids is 1. The first kappa shape index (κ1) is 23.0. The summed E-state index contributed by atoms with van der Waals surface area (Å²) in [5, 5.41) is 12.8. The third kappa shape index (κ3) is 5.42. The molecule has 1 amide bonds. The van der Waals surface area contributed by atoms with Gasteiger partial charge in [-0.15, -0.1) is 5.10 Å². The number of nitrogens with one attached hydrogen (secondary N) is 1. The Morgan fingerprint density at radius 2 is 1.79 bits per heavy atom. The molecular weight excluding hydrogens is 434 g/mol. The first-order valence-electron chi connectivity index (χ1n) is 11.0. The molecule has 0 aliphatic rings. The lowest BCUT2D eigenvalue weighted by molar-refractivity contribution is 0.0946. The van der Waals surface area contributed by atoms with Crippen molar-refractivity contribution < 1.29 is 4.79 Å². The largest absolute Gasteiger partial charge is 0.352 e. The third-order valence-electron chi connectivity index (χ3n) is 5.42. The molecule has 4 rings (SSSR count). The molecule has 1 N–H and O–H groups in total. The van der Waals surface area contributed by atoms with Crippen molar-refractivity contribution in [2.24, 2.45) is 5.92 Å². The number of carbonyl (C=O) groups is 1. The van der Waals surface area contributed by atoms with Crippen LogP contribution in [0.25, 0.3) is 5.78 Å². The summed E-state index contributed by atoms with van der Waals surface area (Å²) in [4.78, 5) is 21.9. The van der Waals surface area contributed by atoms with Crippen molar-refractivity contribution >= 4 is 23.4 Å². The van der Waals surface area contributed by atoms with Crippen LogP contribution in [0.5, 0.6) is 0 Å². The molecule has 0 aliphatic heterocycles. The molecule has 0 fully saturated rings. The fourth-order valence-electron chi connectivity index (χ4n) is 3.80. The molecule has 1 aromatic carbocycles. The molecule has 0 radical (unpaired) electrons. The first-order valence-corrected chi connectivity index (χ1v) is 12.0. The van der Waals surface area contributed by atoms with Gasteiger partial charge in [0.1, 0.15) is 0 Å². The predicted molar refractivity (Wildman–Crippen MR) is 129 cm³/mol. The van der Waals surface area contributed by atoms with Gasteiger partial charge in [-0.3, -0.25) is 9.48 Å². The Hall–Kier alpha value is -3.20. The number of hydrogen-bond acceptors (Lipinski definition) is 6. The van der Waals surface area contributed by atoms with Crippen LogP contribution in [-0.4, -0.2) is 41.8 Å². The number of fused-ring (bicyclic) bond motifs is 1. The van der Waals surface area contributed by atoms with Crippen LogP contribution in [0.15, 0.2) is 41.6 Å². The van der Waals surface area contributed by atoms with Gasteiger partial charge in [-0.25, -0.2) is 9.50 Å². The van der Waals surface area contributed by atoms with Crippen molar-refractivity contribution in [1.29, 1.82) is 0 Å². The Kier molecular flexibility index (Phi) is 6.78. The average molecular weight is 464 g/mol. The maximum atomic E-state index is 12.9. The van der Waals surface area contributed by atoms with Gasteiger partial charge in [0.05, 0.1) is 5.69 Å². The summed E-state index contributed by atoms with van der Waals surface area (Å²) in [6.45, 7) is 11.4. The van der Waals surface area contributed by atoms with Gasteiger partial charge in [-0.1, -0.05) is 36.9 Å². The highest BCUT2D eigenvalue weighted by Gasteiger charge is 2.15. The van der Waals surface area contributed by atoms with Crippen molar-refractivity contribution in [3.05, 3.63) is 70.3 Å².